The Morgan fingerprint density at radius 3 is 2.88 bits per heavy atom. The minimum atomic E-state index is 0.659. The molecule has 1 heterocycles. The molecule has 0 bridgehead atoms. The molecular formula is C13H17NO2. The SMILES string of the molecule is COCCN1Oc2ccc(C)cc2C=C1C. The van der Waals surface area contributed by atoms with E-state index < -0.39 is 0 Å². The molecule has 0 fully saturated rings. The van der Waals surface area contributed by atoms with Crippen LogP contribution in [-0.4, -0.2) is 25.3 Å². The van der Waals surface area contributed by atoms with Crippen LogP contribution in [-0.2, 0) is 4.74 Å². The highest BCUT2D eigenvalue weighted by Crippen LogP contribution is 2.29. The number of hydroxylamine groups is 2. The molecule has 0 N–H and O–H groups in total. The van der Waals surface area contributed by atoms with E-state index in [1.807, 2.05) is 18.1 Å². The Morgan fingerprint density at radius 1 is 1.31 bits per heavy atom. The summed E-state index contributed by atoms with van der Waals surface area (Å²) in [7, 11) is 1.69. The maximum Gasteiger partial charge on any atom is 0.162 e. The van der Waals surface area contributed by atoms with E-state index in [4.69, 9.17) is 9.57 Å². The summed E-state index contributed by atoms with van der Waals surface area (Å²) in [6.07, 6.45) is 2.14. The highest BCUT2D eigenvalue weighted by atomic mass is 16.7. The minimum Gasteiger partial charge on any atom is -0.383 e. The molecule has 0 spiro atoms. The second-order valence-electron chi connectivity index (χ2n) is 4.01. The summed E-state index contributed by atoms with van der Waals surface area (Å²) in [5.74, 6) is 0.910. The fourth-order valence-corrected chi connectivity index (χ4v) is 1.75. The topological polar surface area (TPSA) is 21.7 Å². The van der Waals surface area contributed by atoms with Gasteiger partial charge in [0.2, 0.25) is 0 Å². The molecule has 1 aromatic rings. The molecule has 0 radical (unpaired) electrons. The predicted molar refractivity (Wildman–Crippen MR) is 64.0 cm³/mol. The summed E-state index contributed by atoms with van der Waals surface area (Å²) in [5, 5.41) is 1.86. The minimum absolute atomic E-state index is 0.659. The summed E-state index contributed by atoms with van der Waals surface area (Å²) in [5.41, 5.74) is 3.50. The third-order valence-electron chi connectivity index (χ3n) is 2.63. The van der Waals surface area contributed by atoms with E-state index in [-0.39, 0.29) is 0 Å². The number of allylic oxidation sites excluding steroid dienone is 1. The highest BCUT2D eigenvalue weighted by Gasteiger charge is 2.16. The van der Waals surface area contributed by atoms with Crippen molar-refractivity contribution in [2.24, 2.45) is 0 Å². The van der Waals surface area contributed by atoms with E-state index in [1.165, 1.54) is 5.56 Å². The molecule has 3 heteroatoms. The second-order valence-corrected chi connectivity index (χ2v) is 4.01. The molecule has 0 unspecified atom stereocenters. The molecule has 1 aliphatic rings. The zero-order valence-electron chi connectivity index (χ0n) is 9.99. The van der Waals surface area contributed by atoms with Gasteiger partial charge in [-0.3, -0.25) is 0 Å². The Kier molecular flexibility index (Phi) is 3.15. The van der Waals surface area contributed by atoms with Crippen molar-refractivity contribution in [1.29, 1.82) is 0 Å². The number of ether oxygens (including phenoxy) is 1. The van der Waals surface area contributed by atoms with Crippen LogP contribution in [0.4, 0.5) is 0 Å². The van der Waals surface area contributed by atoms with Gasteiger partial charge in [-0.25, -0.2) is 5.06 Å². The van der Waals surface area contributed by atoms with Crippen LogP contribution in [0.3, 0.4) is 0 Å². The monoisotopic (exact) mass is 219 g/mol. The second kappa shape index (κ2) is 4.58. The summed E-state index contributed by atoms with van der Waals surface area (Å²) in [4.78, 5) is 5.79. The van der Waals surface area contributed by atoms with Crippen molar-refractivity contribution < 1.29 is 9.57 Å². The Bertz CT molecular complexity index is 412. The van der Waals surface area contributed by atoms with Crippen molar-refractivity contribution in [3.8, 4) is 5.75 Å². The molecule has 0 saturated heterocycles. The van der Waals surface area contributed by atoms with Gasteiger partial charge in [0.25, 0.3) is 0 Å². The number of rotatable bonds is 3. The van der Waals surface area contributed by atoms with Crippen LogP contribution in [0.25, 0.3) is 6.08 Å². The van der Waals surface area contributed by atoms with Crippen LogP contribution in [0, 0.1) is 6.92 Å². The fraction of sp³-hybridized carbons (Fsp3) is 0.385. The molecule has 16 heavy (non-hydrogen) atoms. The smallest absolute Gasteiger partial charge is 0.162 e. The number of hydrogen-bond donors (Lipinski definition) is 0. The summed E-state index contributed by atoms with van der Waals surface area (Å²) in [6, 6.07) is 6.20. The van der Waals surface area contributed by atoms with Gasteiger partial charge >= 0.3 is 0 Å². The number of methoxy groups -OCH3 is 1. The van der Waals surface area contributed by atoms with Crippen molar-refractivity contribution in [3.63, 3.8) is 0 Å². The maximum absolute atomic E-state index is 5.79. The Balaban J connectivity index is 2.21. The average molecular weight is 219 g/mol. The van der Waals surface area contributed by atoms with Gasteiger partial charge in [0.15, 0.2) is 5.75 Å². The van der Waals surface area contributed by atoms with Gasteiger partial charge in [0, 0.05) is 18.4 Å². The van der Waals surface area contributed by atoms with Crippen LogP contribution < -0.4 is 4.84 Å². The Morgan fingerprint density at radius 2 is 2.12 bits per heavy atom. The van der Waals surface area contributed by atoms with Gasteiger partial charge in [0.1, 0.15) is 0 Å². The van der Waals surface area contributed by atoms with Crippen molar-refractivity contribution in [1.82, 2.24) is 5.06 Å². The molecule has 2 rings (SSSR count). The Labute approximate surface area is 96.2 Å². The largest absolute Gasteiger partial charge is 0.383 e. The molecule has 3 nitrogen and oxygen atoms in total. The highest BCUT2D eigenvalue weighted by molar-refractivity contribution is 5.61. The third-order valence-corrected chi connectivity index (χ3v) is 2.63. The number of fused-ring (bicyclic) bond motifs is 1. The van der Waals surface area contributed by atoms with E-state index in [2.05, 4.69) is 25.1 Å². The molecule has 0 amide bonds. The standard InChI is InChI=1S/C13H17NO2/c1-10-4-5-13-12(8-10)9-11(2)14(16-13)6-7-15-3/h4-5,8-9H,6-7H2,1-3H3. The fourth-order valence-electron chi connectivity index (χ4n) is 1.75. The van der Waals surface area contributed by atoms with Gasteiger partial charge in [-0.05, 0) is 32.1 Å². The molecule has 0 saturated carbocycles. The summed E-state index contributed by atoms with van der Waals surface area (Å²) >= 11 is 0. The molecule has 1 aromatic carbocycles. The Hall–Kier alpha value is -1.48. The first-order valence-electron chi connectivity index (χ1n) is 5.44. The number of benzene rings is 1. The van der Waals surface area contributed by atoms with Crippen molar-refractivity contribution in [2.45, 2.75) is 13.8 Å². The number of nitrogens with zero attached hydrogens (tertiary/aromatic N) is 1. The normalized spacial score (nSPS) is 14.2. The quantitative estimate of drug-likeness (QED) is 0.780. The molecule has 0 atom stereocenters. The van der Waals surface area contributed by atoms with Gasteiger partial charge in [0.05, 0.1) is 13.2 Å². The predicted octanol–water partition coefficient (Wildman–Crippen LogP) is 2.61. The van der Waals surface area contributed by atoms with E-state index >= 15 is 0 Å². The lowest BCUT2D eigenvalue weighted by molar-refractivity contribution is -0.0397. The van der Waals surface area contributed by atoms with E-state index in [0.717, 1.165) is 23.6 Å². The van der Waals surface area contributed by atoms with Gasteiger partial charge < -0.3 is 9.57 Å². The van der Waals surface area contributed by atoms with Crippen LogP contribution in [0.15, 0.2) is 23.9 Å². The number of hydrogen-bond acceptors (Lipinski definition) is 3. The molecule has 0 aliphatic carbocycles. The first-order valence-corrected chi connectivity index (χ1v) is 5.44. The zero-order valence-corrected chi connectivity index (χ0v) is 9.99. The molecule has 86 valence electrons. The maximum atomic E-state index is 5.79. The van der Waals surface area contributed by atoms with E-state index in [0.29, 0.717) is 6.61 Å². The van der Waals surface area contributed by atoms with Crippen LogP contribution in [0.1, 0.15) is 18.1 Å². The molecule has 1 aliphatic heterocycles. The number of aryl methyl sites for hydroxylation is 1. The average Bonchev–Trinajstić information content (AvgIpc) is 2.26. The lowest BCUT2D eigenvalue weighted by Crippen LogP contribution is -2.31. The lowest BCUT2D eigenvalue weighted by atomic mass is 10.1. The summed E-state index contributed by atoms with van der Waals surface area (Å²) < 4.78 is 5.05. The van der Waals surface area contributed by atoms with E-state index in [9.17, 15) is 0 Å². The van der Waals surface area contributed by atoms with Gasteiger partial charge in [-0.1, -0.05) is 11.6 Å². The third kappa shape index (κ3) is 2.19. The summed E-state index contributed by atoms with van der Waals surface area (Å²) in [6.45, 7) is 5.53. The van der Waals surface area contributed by atoms with Crippen molar-refractivity contribution >= 4 is 6.08 Å². The van der Waals surface area contributed by atoms with Crippen LogP contribution in [0.2, 0.25) is 0 Å². The molecular weight excluding hydrogens is 202 g/mol. The molecule has 0 aromatic heterocycles. The zero-order chi connectivity index (χ0) is 11.5. The lowest BCUT2D eigenvalue weighted by Gasteiger charge is -2.29. The van der Waals surface area contributed by atoms with Crippen LogP contribution >= 0.6 is 0 Å². The van der Waals surface area contributed by atoms with Crippen LogP contribution in [0.5, 0.6) is 5.75 Å². The first kappa shape index (κ1) is 11.0. The van der Waals surface area contributed by atoms with Crippen molar-refractivity contribution in [3.05, 3.63) is 35.0 Å². The first-order chi connectivity index (χ1) is 7.70. The van der Waals surface area contributed by atoms with E-state index in [1.54, 1.807) is 7.11 Å². The van der Waals surface area contributed by atoms with Gasteiger partial charge in [-0.2, -0.15) is 0 Å². The van der Waals surface area contributed by atoms with Gasteiger partial charge in [-0.15, -0.1) is 0 Å². The van der Waals surface area contributed by atoms with Crippen molar-refractivity contribution in [2.75, 3.05) is 20.3 Å².